The summed E-state index contributed by atoms with van der Waals surface area (Å²) in [6, 6.07) is 8.36. The molecule has 2 atom stereocenters. The van der Waals surface area contributed by atoms with Crippen LogP contribution < -0.4 is 5.32 Å². The maximum absolute atomic E-state index is 13.1. The number of carbonyl (C=O) groups is 3. The molecule has 1 amide bonds. The van der Waals surface area contributed by atoms with E-state index in [1.807, 2.05) is 0 Å². The van der Waals surface area contributed by atoms with Gasteiger partial charge in [-0.3, -0.25) is 14.4 Å². The molecule has 0 aliphatic heterocycles. The summed E-state index contributed by atoms with van der Waals surface area (Å²) in [6.07, 6.45) is 3.37. The molecule has 5 rings (SSSR count). The van der Waals surface area contributed by atoms with Gasteiger partial charge in [0.1, 0.15) is 5.00 Å². The van der Waals surface area contributed by atoms with Crippen molar-refractivity contribution < 1.29 is 19.5 Å². The highest BCUT2D eigenvalue weighted by Gasteiger charge is 2.50. The maximum Gasteiger partial charge on any atom is 0.307 e. The lowest BCUT2D eigenvalue weighted by atomic mass is 9.58. The van der Waals surface area contributed by atoms with E-state index in [1.54, 1.807) is 35.7 Å². The second-order valence-electron chi connectivity index (χ2n) is 8.30. The van der Waals surface area contributed by atoms with E-state index in [-0.39, 0.29) is 35.7 Å². The van der Waals surface area contributed by atoms with E-state index in [1.165, 1.54) is 11.3 Å². The third-order valence-electron chi connectivity index (χ3n) is 6.54. The fraction of sp³-hybridized carbons (Fsp3) is 0.391. The number of thiophene rings is 1. The Labute approximate surface area is 189 Å². The first-order valence-electron chi connectivity index (χ1n) is 10.3. The van der Waals surface area contributed by atoms with Gasteiger partial charge in [0.2, 0.25) is 5.91 Å². The number of anilines is 1. The molecule has 3 aliphatic rings. The van der Waals surface area contributed by atoms with Crippen molar-refractivity contribution in [2.45, 2.75) is 32.1 Å². The highest BCUT2D eigenvalue weighted by atomic mass is 35.5. The molecule has 6 nitrogen and oxygen atoms in total. The zero-order valence-electron chi connectivity index (χ0n) is 16.8. The normalized spacial score (nSPS) is 24.5. The summed E-state index contributed by atoms with van der Waals surface area (Å²) in [5.74, 6) is -2.60. The van der Waals surface area contributed by atoms with Crippen LogP contribution in [0.2, 0.25) is 5.02 Å². The molecule has 3 aliphatic carbocycles. The van der Waals surface area contributed by atoms with Crippen LogP contribution in [0.1, 0.15) is 48.0 Å². The quantitative estimate of drug-likeness (QED) is 0.395. The standard InChI is InChI=1S/C23H23ClN2O4S/c24-15-7-5-12(6-8-15)17(25)11-18(27)16-9-10-31-22(16)26-21(28)19-13-1-3-14(4-2-13)20(19)23(29)30/h5-10,13-14,19-20,25H,1-4,11H2,(H,26,28)(H,29,30). The lowest BCUT2D eigenvalue weighted by molar-refractivity contribution is -0.156. The topological polar surface area (TPSA) is 107 Å². The van der Waals surface area contributed by atoms with Crippen LogP contribution in [0, 0.1) is 29.1 Å². The molecule has 162 valence electrons. The number of nitrogens with one attached hydrogen (secondary N) is 2. The van der Waals surface area contributed by atoms with Gasteiger partial charge in [0.05, 0.1) is 23.8 Å². The number of Topliss-reactive ketones (excluding diaryl/α,β-unsaturated/α-hetero) is 1. The van der Waals surface area contributed by atoms with Crippen LogP contribution in [-0.2, 0) is 9.59 Å². The van der Waals surface area contributed by atoms with Crippen molar-refractivity contribution in [3.05, 3.63) is 51.9 Å². The zero-order valence-corrected chi connectivity index (χ0v) is 18.3. The summed E-state index contributed by atoms with van der Waals surface area (Å²) < 4.78 is 0. The molecular weight excluding hydrogens is 436 g/mol. The number of carboxylic acids is 1. The summed E-state index contributed by atoms with van der Waals surface area (Å²) in [5, 5.41) is 23.5. The van der Waals surface area contributed by atoms with Gasteiger partial charge in [-0.2, -0.15) is 0 Å². The Morgan fingerprint density at radius 3 is 2.26 bits per heavy atom. The Hall–Kier alpha value is -2.51. The highest BCUT2D eigenvalue weighted by Crippen LogP contribution is 2.49. The first kappa shape index (κ1) is 21.7. The van der Waals surface area contributed by atoms with Crippen molar-refractivity contribution in [1.82, 2.24) is 0 Å². The second-order valence-corrected chi connectivity index (χ2v) is 9.66. The van der Waals surface area contributed by atoms with Crippen molar-refractivity contribution in [2.75, 3.05) is 5.32 Å². The van der Waals surface area contributed by atoms with Gasteiger partial charge in [0, 0.05) is 10.7 Å². The Bertz CT molecular complexity index is 1020. The maximum atomic E-state index is 13.1. The molecule has 0 radical (unpaired) electrons. The molecule has 2 aromatic rings. The van der Waals surface area contributed by atoms with Gasteiger partial charge in [-0.25, -0.2) is 0 Å². The molecule has 3 N–H and O–H groups in total. The highest BCUT2D eigenvalue weighted by molar-refractivity contribution is 7.14. The predicted octanol–water partition coefficient (Wildman–Crippen LogP) is 5.12. The number of carboxylic acid groups (broad SMARTS) is 1. The molecule has 3 saturated carbocycles. The van der Waals surface area contributed by atoms with Crippen LogP contribution in [0.3, 0.4) is 0 Å². The number of ketones is 1. The summed E-state index contributed by atoms with van der Waals surface area (Å²) in [6.45, 7) is 0. The molecule has 31 heavy (non-hydrogen) atoms. The second kappa shape index (κ2) is 8.93. The van der Waals surface area contributed by atoms with Gasteiger partial charge in [-0.05, 0) is 66.7 Å². The van der Waals surface area contributed by atoms with Crippen molar-refractivity contribution in [3.63, 3.8) is 0 Å². The molecule has 2 unspecified atom stereocenters. The number of halogens is 1. The van der Waals surface area contributed by atoms with E-state index >= 15 is 0 Å². The van der Waals surface area contributed by atoms with Gasteiger partial charge in [-0.15, -0.1) is 11.3 Å². The summed E-state index contributed by atoms with van der Waals surface area (Å²) >= 11 is 7.11. The first-order valence-corrected chi connectivity index (χ1v) is 11.6. The lowest BCUT2D eigenvalue weighted by Gasteiger charge is -2.45. The van der Waals surface area contributed by atoms with E-state index in [2.05, 4.69) is 5.32 Å². The number of rotatable bonds is 7. The smallest absolute Gasteiger partial charge is 0.307 e. The Kier molecular flexibility index (Phi) is 6.25. The van der Waals surface area contributed by atoms with Gasteiger partial charge >= 0.3 is 5.97 Å². The molecule has 0 spiro atoms. The van der Waals surface area contributed by atoms with E-state index in [9.17, 15) is 19.5 Å². The SMILES string of the molecule is N=C(CC(=O)c1ccsc1NC(=O)C1C2CCC(CC2)C1C(=O)O)c1ccc(Cl)cc1. The number of carbonyl (C=O) groups excluding carboxylic acids is 2. The minimum atomic E-state index is -0.909. The molecular formula is C23H23ClN2O4S. The fourth-order valence-electron chi connectivity index (χ4n) is 5.01. The minimum Gasteiger partial charge on any atom is -0.481 e. The van der Waals surface area contributed by atoms with E-state index in [0.29, 0.717) is 21.2 Å². The Balaban J connectivity index is 1.47. The summed E-state index contributed by atoms with van der Waals surface area (Å²) in [7, 11) is 0. The van der Waals surface area contributed by atoms with Gasteiger partial charge < -0.3 is 15.8 Å². The third-order valence-corrected chi connectivity index (χ3v) is 7.62. The van der Waals surface area contributed by atoms with Crippen molar-refractivity contribution >= 4 is 51.3 Å². The van der Waals surface area contributed by atoms with Crippen LogP contribution in [0.15, 0.2) is 35.7 Å². The number of hydrogen-bond donors (Lipinski definition) is 3. The monoisotopic (exact) mass is 458 g/mol. The number of fused-ring (bicyclic) bond motifs is 3. The third kappa shape index (κ3) is 4.43. The van der Waals surface area contributed by atoms with E-state index < -0.39 is 17.8 Å². The molecule has 0 saturated heterocycles. The van der Waals surface area contributed by atoms with Crippen LogP contribution >= 0.6 is 22.9 Å². The predicted molar refractivity (Wildman–Crippen MR) is 120 cm³/mol. The van der Waals surface area contributed by atoms with Crippen LogP contribution in [0.4, 0.5) is 5.00 Å². The van der Waals surface area contributed by atoms with E-state index in [0.717, 1.165) is 25.7 Å². The van der Waals surface area contributed by atoms with E-state index in [4.69, 9.17) is 17.0 Å². The van der Waals surface area contributed by atoms with Crippen LogP contribution in [0.25, 0.3) is 0 Å². The number of benzene rings is 1. The average Bonchev–Trinajstić information content (AvgIpc) is 3.22. The number of amides is 1. The Morgan fingerprint density at radius 1 is 1.03 bits per heavy atom. The zero-order chi connectivity index (χ0) is 22.1. The number of hydrogen-bond acceptors (Lipinski definition) is 5. The van der Waals surface area contributed by atoms with Crippen molar-refractivity contribution in [2.24, 2.45) is 23.7 Å². The molecule has 1 heterocycles. The molecule has 1 aromatic carbocycles. The largest absolute Gasteiger partial charge is 0.481 e. The van der Waals surface area contributed by atoms with Crippen LogP contribution in [-0.4, -0.2) is 28.5 Å². The van der Waals surface area contributed by atoms with Crippen molar-refractivity contribution in [3.8, 4) is 0 Å². The fourth-order valence-corrected chi connectivity index (χ4v) is 5.95. The van der Waals surface area contributed by atoms with Crippen LogP contribution in [0.5, 0.6) is 0 Å². The molecule has 3 fully saturated rings. The molecule has 8 heteroatoms. The van der Waals surface area contributed by atoms with Crippen molar-refractivity contribution in [1.29, 1.82) is 5.41 Å². The average molecular weight is 459 g/mol. The van der Waals surface area contributed by atoms with Gasteiger partial charge in [0.15, 0.2) is 5.78 Å². The van der Waals surface area contributed by atoms with Gasteiger partial charge in [0.25, 0.3) is 0 Å². The van der Waals surface area contributed by atoms with Gasteiger partial charge in [-0.1, -0.05) is 23.7 Å². The summed E-state index contributed by atoms with van der Waals surface area (Å²) in [5.41, 5.74) is 1.13. The minimum absolute atomic E-state index is 0.0440. The molecule has 2 bridgehead atoms. The lowest BCUT2D eigenvalue weighted by Crippen LogP contribution is -2.49. The molecule has 1 aromatic heterocycles. The summed E-state index contributed by atoms with van der Waals surface area (Å²) in [4.78, 5) is 37.8. The Morgan fingerprint density at radius 2 is 1.65 bits per heavy atom. The number of aliphatic carboxylic acids is 1. The first-order chi connectivity index (χ1) is 14.8.